The fourth-order valence-corrected chi connectivity index (χ4v) is 3.78. The molecule has 5 nitrogen and oxygen atoms in total. The third-order valence-electron chi connectivity index (χ3n) is 5.56. The number of carbonyl (C=O) groups excluding carboxylic acids is 2. The molecule has 1 aromatic carbocycles. The van der Waals surface area contributed by atoms with Gasteiger partial charge in [0.2, 0.25) is 5.91 Å². The minimum absolute atomic E-state index is 0.0341. The maximum absolute atomic E-state index is 12.5. The number of likely N-dealkylation sites (tertiary alicyclic amines) is 1. The van der Waals surface area contributed by atoms with Crippen LogP contribution in [0.25, 0.3) is 0 Å². The summed E-state index contributed by atoms with van der Waals surface area (Å²) >= 11 is 0. The van der Waals surface area contributed by atoms with Crippen LogP contribution in [0, 0.1) is 18.8 Å². The SMILES string of the molecule is Cc1ccc(C(=O)N2CCC(C(=O)NCCC[C@H]3CCOC3)CC2)cc1. The van der Waals surface area contributed by atoms with Crippen LogP contribution in [0.15, 0.2) is 24.3 Å². The Morgan fingerprint density at radius 2 is 1.88 bits per heavy atom. The number of benzene rings is 1. The molecule has 0 aliphatic carbocycles. The Bertz CT molecular complexity index is 600. The van der Waals surface area contributed by atoms with Gasteiger partial charge in [-0.25, -0.2) is 0 Å². The van der Waals surface area contributed by atoms with Gasteiger partial charge in [-0.05, 0) is 57.1 Å². The van der Waals surface area contributed by atoms with Crippen LogP contribution in [0.3, 0.4) is 0 Å². The van der Waals surface area contributed by atoms with Crippen molar-refractivity contribution in [3.63, 3.8) is 0 Å². The second-order valence-corrected chi connectivity index (χ2v) is 7.60. The molecule has 2 heterocycles. The Morgan fingerprint density at radius 3 is 2.54 bits per heavy atom. The van der Waals surface area contributed by atoms with Crippen LogP contribution in [0.1, 0.15) is 48.0 Å². The van der Waals surface area contributed by atoms with E-state index in [0.717, 1.165) is 63.0 Å². The first kappa shape index (κ1) is 18.9. The van der Waals surface area contributed by atoms with Crippen molar-refractivity contribution in [1.82, 2.24) is 10.2 Å². The predicted molar refractivity (Wildman–Crippen MR) is 101 cm³/mol. The summed E-state index contributed by atoms with van der Waals surface area (Å²) in [4.78, 5) is 26.7. The van der Waals surface area contributed by atoms with Gasteiger partial charge < -0.3 is 15.0 Å². The largest absolute Gasteiger partial charge is 0.381 e. The van der Waals surface area contributed by atoms with Crippen molar-refractivity contribution in [2.45, 2.75) is 39.0 Å². The highest BCUT2D eigenvalue weighted by Gasteiger charge is 2.27. The van der Waals surface area contributed by atoms with Crippen LogP contribution < -0.4 is 5.32 Å². The van der Waals surface area contributed by atoms with Gasteiger partial charge in [-0.1, -0.05) is 17.7 Å². The lowest BCUT2D eigenvalue weighted by Gasteiger charge is -2.31. The molecule has 5 heteroatoms. The van der Waals surface area contributed by atoms with Crippen LogP contribution in [-0.2, 0) is 9.53 Å². The summed E-state index contributed by atoms with van der Waals surface area (Å²) < 4.78 is 5.38. The number of rotatable bonds is 6. The fourth-order valence-electron chi connectivity index (χ4n) is 3.78. The standard InChI is InChI=1S/C21H30N2O3/c1-16-4-6-19(7-5-16)21(25)23-12-8-18(9-13-23)20(24)22-11-2-3-17-10-14-26-15-17/h4-7,17-18H,2-3,8-15H2,1H3,(H,22,24)/t17-/m0/s1. The average Bonchev–Trinajstić information content (AvgIpc) is 3.19. The third kappa shape index (κ3) is 5.07. The first-order valence-electron chi connectivity index (χ1n) is 9.85. The molecule has 1 atom stereocenters. The molecular formula is C21H30N2O3. The number of amides is 2. The monoisotopic (exact) mass is 358 g/mol. The van der Waals surface area contributed by atoms with E-state index in [2.05, 4.69) is 5.32 Å². The van der Waals surface area contributed by atoms with Crippen LogP contribution in [-0.4, -0.2) is 49.6 Å². The second-order valence-electron chi connectivity index (χ2n) is 7.60. The highest BCUT2D eigenvalue weighted by molar-refractivity contribution is 5.94. The van der Waals surface area contributed by atoms with Crippen molar-refractivity contribution in [1.29, 1.82) is 0 Å². The van der Waals surface area contributed by atoms with Crippen molar-refractivity contribution in [2.75, 3.05) is 32.8 Å². The quantitative estimate of drug-likeness (QED) is 0.796. The zero-order chi connectivity index (χ0) is 18.4. The first-order valence-corrected chi connectivity index (χ1v) is 9.85. The highest BCUT2D eigenvalue weighted by atomic mass is 16.5. The lowest BCUT2D eigenvalue weighted by atomic mass is 9.95. The molecule has 0 aromatic heterocycles. The predicted octanol–water partition coefficient (Wildman–Crippen LogP) is 2.78. The number of hydrogen-bond acceptors (Lipinski definition) is 3. The van der Waals surface area contributed by atoms with E-state index < -0.39 is 0 Å². The number of nitrogens with one attached hydrogen (secondary N) is 1. The van der Waals surface area contributed by atoms with Crippen LogP contribution in [0.2, 0.25) is 0 Å². The van der Waals surface area contributed by atoms with Crippen molar-refractivity contribution in [2.24, 2.45) is 11.8 Å². The summed E-state index contributed by atoms with van der Waals surface area (Å²) in [7, 11) is 0. The summed E-state index contributed by atoms with van der Waals surface area (Å²) in [6.07, 6.45) is 4.80. The fraction of sp³-hybridized carbons (Fsp3) is 0.619. The van der Waals surface area contributed by atoms with E-state index in [-0.39, 0.29) is 17.7 Å². The molecule has 0 spiro atoms. The lowest BCUT2D eigenvalue weighted by molar-refractivity contribution is -0.126. The molecule has 2 saturated heterocycles. The van der Waals surface area contributed by atoms with E-state index in [1.165, 1.54) is 0 Å². The molecule has 0 saturated carbocycles. The Kier molecular flexibility index (Phi) is 6.67. The normalized spacial score (nSPS) is 21.0. The van der Waals surface area contributed by atoms with Gasteiger partial charge in [0.15, 0.2) is 0 Å². The molecular weight excluding hydrogens is 328 g/mol. The molecule has 1 aromatic rings. The van der Waals surface area contributed by atoms with Gasteiger partial charge in [-0.15, -0.1) is 0 Å². The maximum atomic E-state index is 12.5. The molecule has 0 radical (unpaired) electrons. The zero-order valence-electron chi connectivity index (χ0n) is 15.7. The van der Waals surface area contributed by atoms with E-state index in [4.69, 9.17) is 4.74 Å². The average molecular weight is 358 g/mol. The van der Waals surface area contributed by atoms with Crippen molar-refractivity contribution in [3.8, 4) is 0 Å². The number of ether oxygens (including phenoxy) is 1. The summed E-state index contributed by atoms with van der Waals surface area (Å²) in [5, 5.41) is 3.08. The molecule has 0 bridgehead atoms. The molecule has 0 unspecified atom stereocenters. The summed E-state index contributed by atoms with van der Waals surface area (Å²) in [5.41, 5.74) is 1.88. The summed E-state index contributed by atoms with van der Waals surface area (Å²) in [6, 6.07) is 7.69. The minimum atomic E-state index is 0.0341. The second kappa shape index (κ2) is 9.17. The highest BCUT2D eigenvalue weighted by Crippen LogP contribution is 2.20. The summed E-state index contributed by atoms with van der Waals surface area (Å²) in [5.74, 6) is 0.924. The van der Waals surface area contributed by atoms with Crippen LogP contribution in [0.4, 0.5) is 0 Å². The third-order valence-corrected chi connectivity index (χ3v) is 5.56. The lowest BCUT2D eigenvalue weighted by Crippen LogP contribution is -2.43. The van der Waals surface area contributed by atoms with Gasteiger partial charge in [-0.2, -0.15) is 0 Å². The molecule has 3 rings (SSSR count). The summed E-state index contributed by atoms with van der Waals surface area (Å²) in [6.45, 7) is 5.84. The number of piperidine rings is 1. The Hall–Kier alpha value is -1.88. The molecule has 2 aliphatic heterocycles. The van der Waals surface area contributed by atoms with Gasteiger partial charge in [0.1, 0.15) is 0 Å². The van der Waals surface area contributed by atoms with Crippen LogP contribution in [0.5, 0.6) is 0 Å². The minimum Gasteiger partial charge on any atom is -0.381 e. The Morgan fingerprint density at radius 1 is 1.15 bits per heavy atom. The van der Waals surface area contributed by atoms with E-state index in [9.17, 15) is 9.59 Å². The van der Waals surface area contributed by atoms with Crippen molar-refractivity contribution < 1.29 is 14.3 Å². The van der Waals surface area contributed by atoms with Gasteiger partial charge in [-0.3, -0.25) is 9.59 Å². The zero-order valence-corrected chi connectivity index (χ0v) is 15.7. The van der Waals surface area contributed by atoms with Gasteiger partial charge in [0.25, 0.3) is 5.91 Å². The van der Waals surface area contributed by atoms with E-state index in [1.54, 1.807) is 0 Å². The van der Waals surface area contributed by atoms with Gasteiger partial charge in [0, 0.05) is 44.3 Å². The smallest absolute Gasteiger partial charge is 0.253 e. The topological polar surface area (TPSA) is 58.6 Å². The molecule has 1 N–H and O–H groups in total. The maximum Gasteiger partial charge on any atom is 0.253 e. The Labute approximate surface area is 156 Å². The number of hydrogen-bond donors (Lipinski definition) is 1. The molecule has 26 heavy (non-hydrogen) atoms. The number of nitrogens with zero attached hydrogens (tertiary/aromatic N) is 1. The van der Waals surface area contributed by atoms with E-state index in [1.807, 2.05) is 36.1 Å². The molecule has 2 aliphatic rings. The van der Waals surface area contributed by atoms with E-state index in [0.29, 0.717) is 19.0 Å². The number of carbonyl (C=O) groups is 2. The molecule has 2 amide bonds. The molecule has 2 fully saturated rings. The van der Waals surface area contributed by atoms with E-state index >= 15 is 0 Å². The van der Waals surface area contributed by atoms with Crippen LogP contribution >= 0.6 is 0 Å². The van der Waals surface area contributed by atoms with Gasteiger partial charge >= 0.3 is 0 Å². The first-order chi connectivity index (χ1) is 12.6. The van der Waals surface area contributed by atoms with Crippen molar-refractivity contribution in [3.05, 3.63) is 35.4 Å². The molecule has 142 valence electrons. The van der Waals surface area contributed by atoms with Crippen molar-refractivity contribution >= 4 is 11.8 Å². The Balaban J connectivity index is 1.36. The number of aryl methyl sites for hydroxylation is 1. The van der Waals surface area contributed by atoms with Gasteiger partial charge in [0.05, 0.1) is 0 Å².